The summed E-state index contributed by atoms with van der Waals surface area (Å²) in [5.74, 6) is 0.498. The molecule has 1 fully saturated rings. The van der Waals surface area contributed by atoms with Gasteiger partial charge in [0.05, 0.1) is 6.33 Å². The summed E-state index contributed by atoms with van der Waals surface area (Å²) in [5, 5.41) is 2.88. The van der Waals surface area contributed by atoms with Gasteiger partial charge in [-0.1, -0.05) is 0 Å². The minimum atomic E-state index is -0.0994. The highest BCUT2D eigenvalue weighted by Gasteiger charge is 2.16. The summed E-state index contributed by atoms with van der Waals surface area (Å²) in [5.41, 5.74) is 1.30. The van der Waals surface area contributed by atoms with Gasteiger partial charge in [-0.2, -0.15) is 0 Å². The van der Waals surface area contributed by atoms with Crippen molar-refractivity contribution >= 4 is 5.91 Å². The number of aromatic amines is 1. The first-order valence-electron chi connectivity index (χ1n) is 5.63. The van der Waals surface area contributed by atoms with Gasteiger partial charge in [0.25, 0.3) is 5.91 Å². The third-order valence-electron chi connectivity index (χ3n) is 2.91. The quantitative estimate of drug-likeness (QED) is 0.796. The van der Waals surface area contributed by atoms with Gasteiger partial charge in [0.2, 0.25) is 0 Å². The van der Waals surface area contributed by atoms with Gasteiger partial charge in [-0.15, -0.1) is 0 Å². The molecule has 88 valence electrons. The third-order valence-corrected chi connectivity index (χ3v) is 2.91. The Balaban J connectivity index is 1.73. The first kappa shape index (κ1) is 11.1. The maximum Gasteiger partial charge on any atom is 0.271 e. The number of nitrogens with zero attached hydrogens (tertiary/aromatic N) is 1. The zero-order valence-corrected chi connectivity index (χ0v) is 9.45. The molecule has 5 nitrogen and oxygen atoms in total. The molecule has 0 aliphatic carbocycles. The highest BCUT2D eigenvalue weighted by molar-refractivity contribution is 5.93. The van der Waals surface area contributed by atoms with Gasteiger partial charge in [-0.25, -0.2) is 4.98 Å². The van der Waals surface area contributed by atoms with Crippen LogP contribution in [-0.4, -0.2) is 35.6 Å². The molecule has 0 saturated carbocycles. The summed E-state index contributed by atoms with van der Waals surface area (Å²) in [7, 11) is 0. The number of carbonyl (C=O) groups excluding carboxylic acids is 1. The summed E-state index contributed by atoms with van der Waals surface area (Å²) in [6.07, 6.45) is 3.63. The first-order valence-corrected chi connectivity index (χ1v) is 5.63. The monoisotopic (exact) mass is 223 g/mol. The molecular formula is C11H17N3O2. The van der Waals surface area contributed by atoms with Crippen LogP contribution in [0.3, 0.4) is 0 Å². The molecule has 16 heavy (non-hydrogen) atoms. The van der Waals surface area contributed by atoms with E-state index in [4.69, 9.17) is 4.74 Å². The van der Waals surface area contributed by atoms with Gasteiger partial charge in [-0.3, -0.25) is 4.79 Å². The molecule has 1 saturated heterocycles. The lowest BCUT2D eigenvalue weighted by atomic mass is 10.1. The predicted molar refractivity (Wildman–Crippen MR) is 59.2 cm³/mol. The molecule has 1 aromatic heterocycles. The van der Waals surface area contributed by atoms with E-state index < -0.39 is 0 Å². The average molecular weight is 223 g/mol. The van der Waals surface area contributed by atoms with E-state index in [0.29, 0.717) is 18.2 Å². The minimum Gasteiger partial charge on any atom is -0.381 e. The average Bonchev–Trinajstić information content (AvgIpc) is 2.88. The Bertz CT molecular complexity index is 356. The van der Waals surface area contributed by atoms with Crippen molar-refractivity contribution < 1.29 is 9.53 Å². The molecule has 5 heteroatoms. The number of imidazole rings is 1. The number of hydrogen-bond acceptors (Lipinski definition) is 3. The Morgan fingerprint density at radius 1 is 1.75 bits per heavy atom. The van der Waals surface area contributed by atoms with Crippen molar-refractivity contribution in [1.82, 2.24) is 15.3 Å². The van der Waals surface area contributed by atoms with Crippen molar-refractivity contribution in [1.29, 1.82) is 0 Å². The second-order valence-corrected chi connectivity index (χ2v) is 4.15. The van der Waals surface area contributed by atoms with E-state index in [-0.39, 0.29) is 5.91 Å². The van der Waals surface area contributed by atoms with Crippen molar-refractivity contribution in [2.75, 3.05) is 19.8 Å². The van der Waals surface area contributed by atoms with Crippen LogP contribution in [0.2, 0.25) is 0 Å². The van der Waals surface area contributed by atoms with E-state index >= 15 is 0 Å². The van der Waals surface area contributed by atoms with Crippen LogP contribution in [0.5, 0.6) is 0 Å². The molecule has 1 aromatic rings. The van der Waals surface area contributed by atoms with E-state index in [0.717, 1.165) is 31.7 Å². The molecule has 0 aromatic carbocycles. The zero-order valence-electron chi connectivity index (χ0n) is 9.45. The Hall–Kier alpha value is -1.36. The van der Waals surface area contributed by atoms with Crippen LogP contribution in [0.1, 0.15) is 29.0 Å². The number of carbonyl (C=O) groups is 1. The van der Waals surface area contributed by atoms with E-state index in [1.165, 1.54) is 6.33 Å². The summed E-state index contributed by atoms with van der Waals surface area (Å²) < 4.78 is 5.28. The van der Waals surface area contributed by atoms with Crippen molar-refractivity contribution in [2.45, 2.75) is 19.8 Å². The fraction of sp³-hybridized carbons (Fsp3) is 0.636. The Morgan fingerprint density at radius 2 is 2.62 bits per heavy atom. The number of hydrogen-bond donors (Lipinski definition) is 2. The van der Waals surface area contributed by atoms with Gasteiger partial charge in [0.1, 0.15) is 5.69 Å². The highest BCUT2D eigenvalue weighted by atomic mass is 16.5. The third kappa shape index (κ3) is 2.61. The van der Waals surface area contributed by atoms with Gasteiger partial charge in [-0.05, 0) is 25.7 Å². The van der Waals surface area contributed by atoms with Crippen LogP contribution in [0.25, 0.3) is 0 Å². The largest absolute Gasteiger partial charge is 0.381 e. The van der Waals surface area contributed by atoms with E-state index in [9.17, 15) is 4.79 Å². The second-order valence-electron chi connectivity index (χ2n) is 4.15. The molecule has 1 aliphatic heterocycles. The number of ether oxygens (including phenoxy) is 1. The van der Waals surface area contributed by atoms with Crippen LogP contribution in [0.15, 0.2) is 6.33 Å². The topological polar surface area (TPSA) is 67.0 Å². The molecule has 1 atom stereocenters. The lowest BCUT2D eigenvalue weighted by molar-refractivity contribution is 0.0945. The predicted octanol–water partition coefficient (Wildman–Crippen LogP) is 0.875. The summed E-state index contributed by atoms with van der Waals surface area (Å²) in [6.45, 7) is 4.22. The Labute approximate surface area is 94.6 Å². The van der Waals surface area contributed by atoms with E-state index in [2.05, 4.69) is 15.3 Å². The highest BCUT2D eigenvalue weighted by Crippen LogP contribution is 2.15. The molecule has 0 bridgehead atoms. The molecule has 2 rings (SSSR count). The number of amides is 1. The van der Waals surface area contributed by atoms with Gasteiger partial charge in [0, 0.05) is 25.5 Å². The fourth-order valence-corrected chi connectivity index (χ4v) is 1.87. The lowest BCUT2D eigenvalue weighted by Crippen LogP contribution is -2.27. The molecular weight excluding hydrogens is 206 g/mol. The minimum absolute atomic E-state index is 0.0994. The van der Waals surface area contributed by atoms with Crippen molar-refractivity contribution in [2.24, 2.45) is 5.92 Å². The van der Waals surface area contributed by atoms with E-state index in [1.54, 1.807) is 0 Å². The molecule has 1 aliphatic rings. The standard InChI is InChI=1S/C11H17N3O2/c1-8-10(14-7-13-8)11(15)12-4-2-9-3-5-16-6-9/h7,9H,2-6H2,1H3,(H,12,15)(H,13,14). The molecule has 2 heterocycles. The number of rotatable bonds is 4. The van der Waals surface area contributed by atoms with Gasteiger partial charge >= 0.3 is 0 Å². The summed E-state index contributed by atoms with van der Waals surface area (Å²) >= 11 is 0. The van der Waals surface area contributed by atoms with Crippen LogP contribution in [0, 0.1) is 12.8 Å². The Morgan fingerprint density at radius 3 is 3.25 bits per heavy atom. The molecule has 0 spiro atoms. The molecule has 2 N–H and O–H groups in total. The van der Waals surface area contributed by atoms with Crippen molar-refractivity contribution in [3.05, 3.63) is 17.7 Å². The number of H-pyrrole nitrogens is 1. The van der Waals surface area contributed by atoms with E-state index in [1.807, 2.05) is 6.92 Å². The van der Waals surface area contributed by atoms with Crippen molar-refractivity contribution in [3.8, 4) is 0 Å². The maximum atomic E-state index is 11.7. The molecule has 0 radical (unpaired) electrons. The van der Waals surface area contributed by atoms with Gasteiger partial charge in [0.15, 0.2) is 0 Å². The number of aromatic nitrogens is 2. The van der Waals surface area contributed by atoms with Crippen LogP contribution >= 0.6 is 0 Å². The number of nitrogens with one attached hydrogen (secondary N) is 2. The first-order chi connectivity index (χ1) is 7.77. The SMILES string of the molecule is Cc1[nH]cnc1C(=O)NCCC1CCOC1. The van der Waals surface area contributed by atoms with Crippen LogP contribution in [0.4, 0.5) is 0 Å². The van der Waals surface area contributed by atoms with Crippen LogP contribution in [-0.2, 0) is 4.74 Å². The fourth-order valence-electron chi connectivity index (χ4n) is 1.87. The van der Waals surface area contributed by atoms with Crippen molar-refractivity contribution in [3.63, 3.8) is 0 Å². The lowest BCUT2D eigenvalue weighted by Gasteiger charge is -2.07. The second kappa shape index (κ2) is 5.12. The summed E-state index contributed by atoms with van der Waals surface area (Å²) in [4.78, 5) is 18.5. The zero-order chi connectivity index (χ0) is 11.4. The van der Waals surface area contributed by atoms with Crippen LogP contribution < -0.4 is 5.32 Å². The molecule has 1 amide bonds. The number of aryl methyl sites for hydroxylation is 1. The van der Waals surface area contributed by atoms with Gasteiger partial charge < -0.3 is 15.0 Å². The normalized spacial score (nSPS) is 19.9. The smallest absolute Gasteiger partial charge is 0.271 e. The summed E-state index contributed by atoms with van der Waals surface area (Å²) in [6, 6.07) is 0. The molecule has 1 unspecified atom stereocenters. The Kier molecular flexibility index (Phi) is 3.56. The maximum absolute atomic E-state index is 11.7.